The van der Waals surface area contributed by atoms with Gasteiger partial charge in [0.15, 0.2) is 0 Å². The lowest BCUT2D eigenvalue weighted by Gasteiger charge is -2.32. The Kier molecular flexibility index (Phi) is 5.21. The quantitative estimate of drug-likeness (QED) is 0.897. The summed E-state index contributed by atoms with van der Waals surface area (Å²) in [4.78, 5) is 14.7. The van der Waals surface area contributed by atoms with Crippen LogP contribution in [0, 0.1) is 0 Å². The summed E-state index contributed by atoms with van der Waals surface area (Å²) in [7, 11) is 0. The second-order valence-corrected chi connectivity index (χ2v) is 7.06. The highest BCUT2D eigenvalue weighted by Gasteiger charge is 2.29. The standard InChI is InChI=1S/C19H28N2O2/c22-18(20-15-19(23)11-3-1-4-12-19)16-7-9-17(10-8-16)21-13-5-2-6-14-21/h7-10,23H,1-6,11-15H2,(H,20,22). The van der Waals surface area contributed by atoms with Crippen molar-refractivity contribution in [3.05, 3.63) is 29.8 Å². The Morgan fingerprint density at radius 2 is 1.61 bits per heavy atom. The predicted octanol–water partition coefficient (Wildman–Crippen LogP) is 3.10. The number of aliphatic hydroxyl groups is 1. The van der Waals surface area contributed by atoms with Gasteiger partial charge in [-0.3, -0.25) is 4.79 Å². The number of carbonyl (C=O) groups excluding carboxylic acids is 1. The maximum Gasteiger partial charge on any atom is 0.251 e. The summed E-state index contributed by atoms with van der Waals surface area (Å²) < 4.78 is 0. The number of anilines is 1. The fraction of sp³-hybridized carbons (Fsp3) is 0.632. The van der Waals surface area contributed by atoms with Crippen LogP contribution in [0.15, 0.2) is 24.3 Å². The first-order valence-electron chi connectivity index (χ1n) is 9.02. The summed E-state index contributed by atoms with van der Waals surface area (Å²) >= 11 is 0. The van der Waals surface area contributed by atoms with Crippen molar-refractivity contribution in [1.29, 1.82) is 0 Å². The second-order valence-electron chi connectivity index (χ2n) is 7.06. The van der Waals surface area contributed by atoms with Crippen LogP contribution in [0.2, 0.25) is 0 Å². The van der Waals surface area contributed by atoms with E-state index in [1.54, 1.807) is 0 Å². The molecule has 4 heteroatoms. The van der Waals surface area contributed by atoms with Gasteiger partial charge in [-0.15, -0.1) is 0 Å². The lowest BCUT2D eigenvalue weighted by molar-refractivity contribution is 0.00526. The monoisotopic (exact) mass is 316 g/mol. The summed E-state index contributed by atoms with van der Waals surface area (Å²) in [5, 5.41) is 13.4. The van der Waals surface area contributed by atoms with Crippen molar-refractivity contribution in [3.63, 3.8) is 0 Å². The molecule has 0 radical (unpaired) electrons. The first-order valence-corrected chi connectivity index (χ1v) is 9.02. The Bertz CT molecular complexity index is 515. The summed E-state index contributed by atoms with van der Waals surface area (Å²) in [5.74, 6) is -0.0887. The molecule has 1 saturated heterocycles. The molecule has 3 rings (SSSR count). The first kappa shape index (κ1) is 16.3. The Morgan fingerprint density at radius 1 is 1.00 bits per heavy atom. The summed E-state index contributed by atoms with van der Waals surface area (Å²) in [6.07, 6.45) is 8.70. The predicted molar refractivity (Wildman–Crippen MR) is 92.9 cm³/mol. The number of nitrogens with one attached hydrogen (secondary N) is 1. The van der Waals surface area contributed by atoms with E-state index in [0.717, 1.165) is 38.8 Å². The number of nitrogens with zero attached hydrogens (tertiary/aromatic N) is 1. The number of hydrogen-bond donors (Lipinski definition) is 2. The van der Waals surface area contributed by atoms with E-state index in [2.05, 4.69) is 10.2 Å². The van der Waals surface area contributed by atoms with E-state index in [1.807, 2.05) is 24.3 Å². The minimum Gasteiger partial charge on any atom is -0.388 e. The van der Waals surface area contributed by atoms with Crippen LogP contribution in [0.1, 0.15) is 61.7 Å². The van der Waals surface area contributed by atoms with E-state index < -0.39 is 5.60 Å². The van der Waals surface area contributed by atoms with Crippen molar-refractivity contribution >= 4 is 11.6 Å². The average Bonchev–Trinajstić information content (AvgIpc) is 2.61. The molecule has 0 spiro atoms. The molecule has 0 atom stereocenters. The molecule has 0 unspecified atom stereocenters. The normalized spacial score (nSPS) is 21.0. The third-order valence-electron chi connectivity index (χ3n) is 5.21. The van der Waals surface area contributed by atoms with Gasteiger partial charge < -0.3 is 15.3 Å². The Labute approximate surface area is 138 Å². The molecule has 1 amide bonds. The van der Waals surface area contributed by atoms with E-state index in [4.69, 9.17) is 0 Å². The topological polar surface area (TPSA) is 52.6 Å². The largest absolute Gasteiger partial charge is 0.388 e. The van der Waals surface area contributed by atoms with Crippen LogP contribution in [0.25, 0.3) is 0 Å². The van der Waals surface area contributed by atoms with E-state index >= 15 is 0 Å². The number of carbonyl (C=O) groups is 1. The van der Waals surface area contributed by atoms with E-state index in [0.29, 0.717) is 12.1 Å². The maximum atomic E-state index is 12.3. The molecule has 23 heavy (non-hydrogen) atoms. The van der Waals surface area contributed by atoms with Crippen molar-refractivity contribution < 1.29 is 9.90 Å². The molecule has 1 aromatic carbocycles. The molecule has 126 valence electrons. The van der Waals surface area contributed by atoms with Crippen molar-refractivity contribution in [2.24, 2.45) is 0 Å². The van der Waals surface area contributed by atoms with Gasteiger partial charge in [0.05, 0.1) is 5.60 Å². The smallest absolute Gasteiger partial charge is 0.251 e. The Morgan fingerprint density at radius 3 is 2.26 bits per heavy atom. The zero-order chi connectivity index (χ0) is 16.1. The molecule has 4 nitrogen and oxygen atoms in total. The van der Waals surface area contributed by atoms with Gasteiger partial charge in [-0.05, 0) is 56.4 Å². The molecule has 1 aromatic rings. The second kappa shape index (κ2) is 7.35. The van der Waals surface area contributed by atoms with Gasteiger partial charge in [-0.25, -0.2) is 0 Å². The van der Waals surface area contributed by atoms with Crippen LogP contribution in [-0.4, -0.2) is 36.2 Å². The third kappa shape index (κ3) is 4.25. The molecule has 2 N–H and O–H groups in total. The van der Waals surface area contributed by atoms with Crippen molar-refractivity contribution in [2.45, 2.75) is 57.0 Å². The summed E-state index contributed by atoms with van der Waals surface area (Å²) in [6.45, 7) is 2.58. The molecule has 0 aromatic heterocycles. The lowest BCUT2D eigenvalue weighted by atomic mass is 9.85. The van der Waals surface area contributed by atoms with Gasteiger partial charge in [-0.2, -0.15) is 0 Å². The van der Waals surface area contributed by atoms with Crippen LogP contribution in [0.3, 0.4) is 0 Å². The fourth-order valence-electron chi connectivity index (χ4n) is 3.71. The van der Waals surface area contributed by atoms with Crippen LogP contribution < -0.4 is 10.2 Å². The summed E-state index contributed by atoms with van der Waals surface area (Å²) in [5.41, 5.74) is 1.17. The van der Waals surface area contributed by atoms with Gasteiger partial charge in [0, 0.05) is 30.9 Å². The van der Waals surface area contributed by atoms with Crippen LogP contribution in [0.5, 0.6) is 0 Å². The van der Waals surface area contributed by atoms with Crippen molar-refractivity contribution in [2.75, 3.05) is 24.5 Å². The molecular weight excluding hydrogens is 288 g/mol. The zero-order valence-corrected chi connectivity index (χ0v) is 13.9. The van der Waals surface area contributed by atoms with Crippen LogP contribution in [0.4, 0.5) is 5.69 Å². The number of amides is 1. The highest BCUT2D eigenvalue weighted by atomic mass is 16.3. The van der Waals surface area contributed by atoms with Gasteiger partial charge in [0.2, 0.25) is 0 Å². The number of rotatable bonds is 4. The molecule has 1 aliphatic heterocycles. The Hall–Kier alpha value is -1.55. The van der Waals surface area contributed by atoms with Crippen molar-refractivity contribution in [1.82, 2.24) is 5.32 Å². The van der Waals surface area contributed by atoms with Gasteiger partial charge in [-0.1, -0.05) is 19.3 Å². The molecule has 1 saturated carbocycles. The molecule has 1 heterocycles. The van der Waals surface area contributed by atoms with Gasteiger partial charge >= 0.3 is 0 Å². The van der Waals surface area contributed by atoms with Gasteiger partial charge in [0.1, 0.15) is 0 Å². The SMILES string of the molecule is O=C(NCC1(O)CCCCC1)c1ccc(N2CCCCC2)cc1. The first-order chi connectivity index (χ1) is 11.2. The average molecular weight is 316 g/mol. The molecule has 2 aliphatic rings. The van der Waals surface area contributed by atoms with Crippen molar-refractivity contribution in [3.8, 4) is 0 Å². The van der Waals surface area contributed by atoms with E-state index in [1.165, 1.54) is 31.4 Å². The Balaban J connectivity index is 1.54. The van der Waals surface area contributed by atoms with E-state index in [9.17, 15) is 9.90 Å². The zero-order valence-electron chi connectivity index (χ0n) is 13.9. The minimum atomic E-state index is -0.707. The molecule has 2 fully saturated rings. The molecule has 0 bridgehead atoms. The lowest BCUT2D eigenvalue weighted by Crippen LogP contribution is -2.44. The summed E-state index contributed by atoms with van der Waals surface area (Å²) in [6, 6.07) is 7.86. The molecule has 1 aliphatic carbocycles. The maximum absolute atomic E-state index is 12.3. The highest BCUT2D eigenvalue weighted by Crippen LogP contribution is 2.27. The van der Waals surface area contributed by atoms with Crippen LogP contribution in [-0.2, 0) is 0 Å². The minimum absolute atomic E-state index is 0.0887. The van der Waals surface area contributed by atoms with Gasteiger partial charge in [0.25, 0.3) is 5.91 Å². The number of piperidine rings is 1. The van der Waals surface area contributed by atoms with E-state index in [-0.39, 0.29) is 5.91 Å². The number of hydrogen-bond acceptors (Lipinski definition) is 3. The van der Waals surface area contributed by atoms with Crippen LogP contribution >= 0.6 is 0 Å². The highest BCUT2D eigenvalue weighted by molar-refractivity contribution is 5.94. The fourth-order valence-corrected chi connectivity index (χ4v) is 3.71. The third-order valence-corrected chi connectivity index (χ3v) is 5.21. The number of benzene rings is 1. The molecular formula is C19H28N2O2.